The van der Waals surface area contributed by atoms with Gasteiger partial charge in [-0.05, 0) is 18.9 Å². The van der Waals surface area contributed by atoms with Gasteiger partial charge in [-0.1, -0.05) is 49.5 Å². The number of hydrogen-bond acceptors (Lipinski definition) is 1. The van der Waals surface area contributed by atoms with Gasteiger partial charge in [0.25, 0.3) is 0 Å². The lowest BCUT2D eigenvalue weighted by molar-refractivity contribution is 0.245. The maximum absolute atomic E-state index is 3.51. The van der Waals surface area contributed by atoms with Crippen LogP contribution in [0.15, 0.2) is 0 Å². The molecule has 2 heteroatoms. The van der Waals surface area contributed by atoms with E-state index in [0.717, 1.165) is 11.2 Å². The Morgan fingerprint density at radius 3 is 2.38 bits per heavy atom. The first-order valence-electron chi connectivity index (χ1n) is 5.52. The number of alkyl halides is 1. The minimum Gasteiger partial charge on any atom is -0.302 e. The molecule has 0 aromatic rings. The van der Waals surface area contributed by atoms with E-state index in [1.165, 1.54) is 38.9 Å². The molecule has 0 bridgehead atoms. The molecule has 0 aromatic carbocycles. The highest BCUT2D eigenvalue weighted by atomic mass is 79.9. The molecular weight excluding hydrogens is 226 g/mol. The minimum atomic E-state index is 0.843. The predicted octanol–water partition coefficient (Wildman–Crippen LogP) is 3.53. The van der Waals surface area contributed by atoms with Gasteiger partial charge in [0.1, 0.15) is 0 Å². The van der Waals surface area contributed by atoms with Crippen LogP contribution in [0.4, 0.5) is 0 Å². The van der Waals surface area contributed by atoms with Crippen LogP contribution in [-0.4, -0.2) is 29.9 Å². The Balaban J connectivity index is 3.65. The van der Waals surface area contributed by atoms with Gasteiger partial charge in [-0.3, -0.25) is 0 Å². The SMILES string of the molecule is CCCCN(CCBr)CC(C)CC. The molecule has 0 spiro atoms. The van der Waals surface area contributed by atoms with Gasteiger partial charge < -0.3 is 4.90 Å². The van der Waals surface area contributed by atoms with Gasteiger partial charge in [0.05, 0.1) is 0 Å². The highest BCUT2D eigenvalue weighted by Crippen LogP contribution is 2.06. The molecular formula is C11H24BrN. The highest BCUT2D eigenvalue weighted by molar-refractivity contribution is 9.09. The van der Waals surface area contributed by atoms with Crippen LogP contribution < -0.4 is 0 Å². The van der Waals surface area contributed by atoms with Crippen molar-refractivity contribution in [2.45, 2.75) is 40.0 Å². The van der Waals surface area contributed by atoms with Crippen molar-refractivity contribution < 1.29 is 0 Å². The summed E-state index contributed by atoms with van der Waals surface area (Å²) < 4.78 is 0. The quantitative estimate of drug-likeness (QED) is 0.596. The molecule has 0 aliphatic rings. The maximum Gasteiger partial charge on any atom is 0.0159 e. The summed E-state index contributed by atoms with van der Waals surface area (Å²) in [5.74, 6) is 0.843. The molecule has 0 fully saturated rings. The van der Waals surface area contributed by atoms with Gasteiger partial charge in [0.2, 0.25) is 0 Å². The average molecular weight is 250 g/mol. The molecule has 1 atom stereocenters. The standard InChI is InChI=1S/C11H24BrN/c1-4-6-8-13(9-7-12)10-11(3)5-2/h11H,4-10H2,1-3H3. The minimum absolute atomic E-state index is 0.843. The van der Waals surface area contributed by atoms with Crippen LogP contribution in [0.1, 0.15) is 40.0 Å². The molecule has 0 radical (unpaired) electrons. The Kier molecular flexibility index (Phi) is 9.32. The van der Waals surface area contributed by atoms with Gasteiger partial charge in [-0.2, -0.15) is 0 Å². The van der Waals surface area contributed by atoms with E-state index in [4.69, 9.17) is 0 Å². The topological polar surface area (TPSA) is 3.24 Å². The lowest BCUT2D eigenvalue weighted by Gasteiger charge is -2.24. The molecule has 0 amide bonds. The van der Waals surface area contributed by atoms with E-state index in [1.807, 2.05) is 0 Å². The fraction of sp³-hybridized carbons (Fsp3) is 1.00. The molecule has 0 saturated carbocycles. The van der Waals surface area contributed by atoms with Crippen LogP contribution in [0.2, 0.25) is 0 Å². The summed E-state index contributed by atoms with van der Waals surface area (Å²) in [6, 6.07) is 0. The number of unbranched alkanes of at least 4 members (excludes halogenated alkanes) is 1. The Bertz CT molecular complexity index is 106. The lowest BCUT2D eigenvalue weighted by atomic mass is 10.1. The molecule has 0 aliphatic carbocycles. The first-order valence-corrected chi connectivity index (χ1v) is 6.65. The van der Waals surface area contributed by atoms with E-state index in [-0.39, 0.29) is 0 Å². The van der Waals surface area contributed by atoms with E-state index >= 15 is 0 Å². The molecule has 0 saturated heterocycles. The molecule has 80 valence electrons. The van der Waals surface area contributed by atoms with Crippen molar-refractivity contribution in [2.75, 3.05) is 25.0 Å². The van der Waals surface area contributed by atoms with Crippen LogP contribution in [0.3, 0.4) is 0 Å². The molecule has 1 nitrogen and oxygen atoms in total. The summed E-state index contributed by atoms with van der Waals surface area (Å²) in [5.41, 5.74) is 0. The molecule has 0 heterocycles. The Hall–Kier alpha value is 0.440. The van der Waals surface area contributed by atoms with Gasteiger partial charge in [0.15, 0.2) is 0 Å². The van der Waals surface area contributed by atoms with Crippen LogP contribution >= 0.6 is 15.9 Å². The van der Waals surface area contributed by atoms with Gasteiger partial charge in [0, 0.05) is 18.4 Å². The van der Waals surface area contributed by atoms with E-state index in [9.17, 15) is 0 Å². The first kappa shape index (κ1) is 13.4. The zero-order valence-corrected chi connectivity index (χ0v) is 10.9. The average Bonchev–Trinajstić information content (AvgIpc) is 2.14. The summed E-state index contributed by atoms with van der Waals surface area (Å²) >= 11 is 3.51. The maximum atomic E-state index is 3.51. The summed E-state index contributed by atoms with van der Waals surface area (Å²) in [6.07, 6.45) is 3.94. The second-order valence-corrected chi connectivity index (χ2v) is 4.65. The van der Waals surface area contributed by atoms with E-state index < -0.39 is 0 Å². The monoisotopic (exact) mass is 249 g/mol. The summed E-state index contributed by atoms with van der Waals surface area (Å²) in [7, 11) is 0. The third kappa shape index (κ3) is 7.51. The smallest absolute Gasteiger partial charge is 0.0159 e. The fourth-order valence-corrected chi connectivity index (χ4v) is 1.87. The zero-order valence-electron chi connectivity index (χ0n) is 9.35. The number of halogens is 1. The van der Waals surface area contributed by atoms with E-state index in [1.54, 1.807) is 0 Å². The van der Waals surface area contributed by atoms with Crippen molar-refractivity contribution in [3.05, 3.63) is 0 Å². The molecule has 0 rings (SSSR count). The van der Waals surface area contributed by atoms with Crippen molar-refractivity contribution in [3.63, 3.8) is 0 Å². The molecule has 0 N–H and O–H groups in total. The molecule has 0 aromatic heterocycles. The van der Waals surface area contributed by atoms with Crippen molar-refractivity contribution in [1.29, 1.82) is 0 Å². The van der Waals surface area contributed by atoms with Crippen LogP contribution in [0.25, 0.3) is 0 Å². The zero-order chi connectivity index (χ0) is 10.1. The van der Waals surface area contributed by atoms with Gasteiger partial charge in [-0.15, -0.1) is 0 Å². The summed E-state index contributed by atoms with van der Waals surface area (Å²) in [4.78, 5) is 2.58. The van der Waals surface area contributed by atoms with Gasteiger partial charge in [-0.25, -0.2) is 0 Å². The van der Waals surface area contributed by atoms with Crippen molar-refractivity contribution >= 4 is 15.9 Å². The largest absolute Gasteiger partial charge is 0.302 e. The third-order valence-electron chi connectivity index (χ3n) is 2.50. The van der Waals surface area contributed by atoms with Crippen LogP contribution in [0, 0.1) is 5.92 Å². The molecule has 0 aliphatic heterocycles. The van der Waals surface area contributed by atoms with Crippen molar-refractivity contribution in [3.8, 4) is 0 Å². The number of nitrogens with zero attached hydrogens (tertiary/aromatic N) is 1. The van der Waals surface area contributed by atoms with Crippen molar-refractivity contribution in [1.82, 2.24) is 4.90 Å². The Morgan fingerprint density at radius 1 is 1.23 bits per heavy atom. The normalized spacial score (nSPS) is 13.6. The Labute approximate surface area is 92.0 Å². The summed E-state index contributed by atoms with van der Waals surface area (Å²) in [5, 5.41) is 1.10. The van der Waals surface area contributed by atoms with Gasteiger partial charge >= 0.3 is 0 Å². The highest BCUT2D eigenvalue weighted by Gasteiger charge is 2.07. The number of hydrogen-bond donors (Lipinski definition) is 0. The first-order chi connectivity index (χ1) is 6.24. The van der Waals surface area contributed by atoms with Crippen molar-refractivity contribution in [2.24, 2.45) is 5.92 Å². The second kappa shape index (κ2) is 9.01. The van der Waals surface area contributed by atoms with E-state index in [2.05, 4.69) is 41.6 Å². The molecule has 1 unspecified atom stereocenters. The third-order valence-corrected chi connectivity index (χ3v) is 2.85. The van der Waals surface area contributed by atoms with E-state index in [0.29, 0.717) is 0 Å². The Morgan fingerprint density at radius 2 is 1.92 bits per heavy atom. The van der Waals surface area contributed by atoms with Crippen LogP contribution in [0.5, 0.6) is 0 Å². The summed E-state index contributed by atoms with van der Waals surface area (Å²) in [6.45, 7) is 10.6. The lowest BCUT2D eigenvalue weighted by Crippen LogP contribution is -2.31. The van der Waals surface area contributed by atoms with Crippen LogP contribution in [-0.2, 0) is 0 Å². The molecule has 13 heavy (non-hydrogen) atoms. The second-order valence-electron chi connectivity index (χ2n) is 3.86. The number of rotatable bonds is 8. The predicted molar refractivity (Wildman–Crippen MR) is 64.6 cm³/mol. The fourth-order valence-electron chi connectivity index (χ4n) is 1.37.